The molecule has 1 amide bonds. The molecule has 4 heterocycles. The van der Waals surface area contributed by atoms with E-state index in [1.807, 2.05) is 41.4 Å². The molecule has 2 aromatic heterocycles. The third-order valence-corrected chi connectivity index (χ3v) is 4.88. The fourth-order valence-electron chi connectivity index (χ4n) is 3.40. The highest BCUT2D eigenvalue weighted by molar-refractivity contribution is 5.93. The van der Waals surface area contributed by atoms with Crippen molar-refractivity contribution in [3.63, 3.8) is 0 Å². The number of rotatable bonds is 3. The Bertz CT molecular complexity index is 741. The summed E-state index contributed by atoms with van der Waals surface area (Å²) in [6.45, 7) is 6.07. The minimum atomic E-state index is -0.0118. The standard InChI is InChI=1S/C19H23N5O2/c25-19(24-11-13-26-14-12-24)17-15-16(4-6-20-17)22-7-9-23(10-8-22)18-3-1-2-5-21-18/h1-6,15H,7-14H2. The molecule has 26 heavy (non-hydrogen) atoms. The molecule has 0 saturated carbocycles. The van der Waals surface area contributed by atoms with Crippen LogP contribution in [0.4, 0.5) is 11.5 Å². The van der Waals surface area contributed by atoms with E-state index in [-0.39, 0.29) is 5.91 Å². The molecule has 4 rings (SSSR count). The van der Waals surface area contributed by atoms with Gasteiger partial charge in [0.05, 0.1) is 13.2 Å². The lowest BCUT2D eigenvalue weighted by Gasteiger charge is -2.36. The lowest BCUT2D eigenvalue weighted by molar-refractivity contribution is 0.0299. The van der Waals surface area contributed by atoms with Crippen molar-refractivity contribution in [3.05, 3.63) is 48.4 Å². The molecule has 7 nitrogen and oxygen atoms in total. The maximum Gasteiger partial charge on any atom is 0.272 e. The van der Waals surface area contributed by atoms with Crippen LogP contribution in [0.5, 0.6) is 0 Å². The summed E-state index contributed by atoms with van der Waals surface area (Å²) < 4.78 is 5.32. The third kappa shape index (κ3) is 3.62. The van der Waals surface area contributed by atoms with Crippen LogP contribution in [0.3, 0.4) is 0 Å². The van der Waals surface area contributed by atoms with E-state index in [2.05, 4.69) is 19.8 Å². The molecule has 2 fully saturated rings. The SMILES string of the molecule is O=C(c1cc(N2CCN(c3ccccn3)CC2)ccn1)N1CCOCC1. The van der Waals surface area contributed by atoms with Crippen molar-refractivity contribution < 1.29 is 9.53 Å². The first-order valence-corrected chi connectivity index (χ1v) is 9.05. The highest BCUT2D eigenvalue weighted by Crippen LogP contribution is 2.20. The van der Waals surface area contributed by atoms with Gasteiger partial charge in [0, 0.05) is 57.3 Å². The molecule has 2 aromatic rings. The summed E-state index contributed by atoms with van der Waals surface area (Å²) in [7, 11) is 0. The Labute approximate surface area is 153 Å². The molecule has 136 valence electrons. The summed E-state index contributed by atoms with van der Waals surface area (Å²) >= 11 is 0. The number of nitrogens with zero attached hydrogens (tertiary/aromatic N) is 5. The monoisotopic (exact) mass is 353 g/mol. The van der Waals surface area contributed by atoms with Gasteiger partial charge in [-0.1, -0.05) is 6.07 Å². The number of hydrogen-bond acceptors (Lipinski definition) is 6. The largest absolute Gasteiger partial charge is 0.378 e. The second-order valence-corrected chi connectivity index (χ2v) is 6.47. The Morgan fingerprint density at radius 1 is 0.885 bits per heavy atom. The van der Waals surface area contributed by atoms with E-state index in [0.29, 0.717) is 32.0 Å². The zero-order valence-electron chi connectivity index (χ0n) is 14.8. The molecule has 0 N–H and O–H groups in total. The topological polar surface area (TPSA) is 61.8 Å². The quantitative estimate of drug-likeness (QED) is 0.828. The predicted octanol–water partition coefficient (Wildman–Crippen LogP) is 1.28. The van der Waals surface area contributed by atoms with E-state index in [1.54, 1.807) is 6.20 Å². The maximum absolute atomic E-state index is 12.6. The van der Waals surface area contributed by atoms with Crippen LogP contribution < -0.4 is 9.80 Å². The molecule has 0 unspecified atom stereocenters. The van der Waals surface area contributed by atoms with Gasteiger partial charge in [-0.05, 0) is 24.3 Å². The molecule has 2 saturated heterocycles. The number of ether oxygens (including phenoxy) is 1. The third-order valence-electron chi connectivity index (χ3n) is 4.88. The van der Waals surface area contributed by atoms with E-state index in [1.165, 1.54) is 0 Å². The van der Waals surface area contributed by atoms with Crippen LogP contribution in [0.2, 0.25) is 0 Å². The van der Waals surface area contributed by atoms with E-state index in [4.69, 9.17) is 4.74 Å². The minimum Gasteiger partial charge on any atom is -0.378 e. The zero-order chi connectivity index (χ0) is 17.8. The number of carbonyl (C=O) groups is 1. The van der Waals surface area contributed by atoms with Gasteiger partial charge in [0.1, 0.15) is 11.5 Å². The number of carbonyl (C=O) groups excluding carboxylic acids is 1. The maximum atomic E-state index is 12.6. The second kappa shape index (κ2) is 7.70. The summed E-state index contributed by atoms with van der Waals surface area (Å²) in [4.78, 5) is 27.8. The van der Waals surface area contributed by atoms with Crippen molar-refractivity contribution in [2.45, 2.75) is 0 Å². The Morgan fingerprint density at radius 3 is 2.38 bits per heavy atom. The van der Waals surface area contributed by atoms with E-state index in [0.717, 1.165) is 37.7 Å². The van der Waals surface area contributed by atoms with Crippen molar-refractivity contribution in [1.29, 1.82) is 0 Å². The first-order chi connectivity index (χ1) is 12.8. The number of anilines is 2. The summed E-state index contributed by atoms with van der Waals surface area (Å²) in [5.74, 6) is 1.01. The second-order valence-electron chi connectivity index (χ2n) is 6.47. The van der Waals surface area contributed by atoms with Gasteiger partial charge in [0.2, 0.25) is 0 Å². The van der Waals surface area contributed by atoms with E-state index in [9.17, 15) is 4.79 Å². The van der Waals surface area contributed by atoms with Gasteiger partial charge < -0.3 is 19.4 Å². The normalized spacial score (nSPS) is 18.1. The first-order valence-electron chi connectivity index (χ1n) is 9.05. The van der Waals surface area contributed by atoms with Gasteiger partial charge in [0.15, 0.2) is 0 Å². The van der Waals surface area contributed by atoms with Gasteiger partial charge >= 0.3 is 0 Å². The van der Waals surface area contributed by atoms with Crippen LogP contribution in [0.1, 0.15) is 10.5 Å². The molecule has 2 aliphatic heterocycles. The number of hydrogen-bond donors (Lipinski definition) is 0. The van der Waals surface area contributed by atoms with Crippen molar-refractivity contribution in [1.82, 2.24) is 14.9 Å². The summed E-state index contributed by atoms with van der Waals surface area (Å²) in [5.41, 5.74) is 1.56. The number of pyridine rings is 2. The van der Waals surface area contributed by atoms with Crippen LogP contribution >= 0.6 is 0 Å². The van der Waals surface area contributed by atoms with Crippen molar-refractivity contribution in [2.24, 2.45) is 0 Å². The lowest BCUT2D eigenvalue weighted by atomic mass is 10.2. The Hall–Kier alpha value is -2.67. The summed E-state index contributed by atoms with van der Waals surface area (Å²) in [6.07, 6.45) is 3.56. The van der Waals surface area contributed by atoms with Crippen molar-refractivity contribution in [3.8, 4) is 0 Å². The molecule has 0 aromatic carbocycles. The van der Waals surface area contributed by atoms with Gasteiger partial charge in [-0.2, -0.15) is 0 Å². The number of amides is 1. The summed E-state index contributed by atoms with van der Waals surface area (Å²) in [6, 6.07) is 9.88. The number of aromatic nitrogens is 2. The average molecular weight is 353 g/mol. The molecule has 2 aliphatic rings. The fourth-order valence-corrected chi connectivity index (χ4v) is 3.40. The van der Waals surface area contributed by atoms with Crippen LogP contribution in [0, 0.1) is 0 Å². The van der Waals surface area contributed by atoms with Crippen molar-refractivity contribution in [2.75, 3.05) is 62.3 Å². The van der Waals surface area contributed by atoms with Crippen LogP contribution in [-0.4, -0.2) is 73.3 Å². The smallest absolute Gasteiger partial charge is 0.272 e. The Balaban J connectivity index is 1.42. The zero-order valence-corrected chi connectivity index (χ0v) is 14.8. The predicted molar refractivity (Wildman–Crippen MR) is 99.6 cm³/mol. The highest BCUT2D eigenvalue weighted by atomic mass is 16.5. The molecule has 0 atom stereocenters. The first kappa shape index (κ1) is 16.8. The van der Waals surface area contributed by atoms with Gasteiger partial charge in [-0.3, -0.25) is 9.78 Å². The molecule has 0 bridgehead atoms. The summed E-state index contributed by atoms with van der Waals surface area (Å²) in [5, 5.41) is 0. The molecule has 0 radical (unpaired) electrons. The molecule has 0 spiro atoms. The molecular formula is C19H23N5O2. The highest BCUT2D eigenvalue weighted by Gasteiger charge is 2.22. The van der Waals surface area contributed by atoms with Crippen LogP contribution in [0.25, 0.3) is 0 Å². The average Bonchev–Trinajstić information content (AvgIpc) is 2.75. The van der Waals surface area contributed by atoms with Gasteiger partial charge in [-0.25, -0.2) is 4.98 Å². The molecular weight excluding hydrogens is 330 g/mol. The van der Waals surface area contributed by atoms with Gasteiger partial charge in [-0.15, -0.1) is 0 Å². The number of morpholine rings is 1. The number of piperazine rings is 1. The lowest BCUT2D eigenvalue weighted by Crippen LogP contribution is -2.47. The Morgan fingerprint density at radius 2 is 1.65 bits per heavy atom. The molecule has 0 aliphatic carbocycles. The van der Waals surface area contributed by atoms with E-state index >= 15 is 0 Å². The van der Waals surface area contributed by atoms with Crippen LogP contribution in [0.15, 0.2) is 42.7 Å². The Kier molecular flexibility index (Phi) is 4.97. The van der Waals surface area contributed by atoms with Crippen LogP contribution in [-0.2, 0) is 4.74 Å². The van der Waals surface area contributed by atoms with E-state index < -0.39 is 0 Å². The van der Waals surface area contributed by atoms with Gasteiger partial charge in [0.25, 0.3) is 5.91 Å². The fraction of sp³-hybridized carbons (Fsp3) is 0.421. The minimum absolute atomic E-state index is 0.0118. The molecule has 7 heteroatoms. The van der Waals surface area contributed by atoms with Crippen molar-refractivity contribution >= 4 is 17.4 Å².